The number of primary amides is 1. The van der Waals surface area contributed by atoms with E-state index in [0.29, 0.717) is 12.6 Å². The van der Waals surface area contributed by atoms with Gasteiger partial charge < -0.3 is 10.6 Å². The molecule has 21 heavy (non-hydrogen) atoms. The predicted molar refractivity (Wildman–Crippen MR) is 81.9 cm³/mol. The lowest BCUT2D eigenvalue weighted by Gasteiger charge is -2.36. The van der Waals surface area contributed by atoms with Crippen LogP contribution in [0.1, 0.15) is 19.8 Å². The van der Waals surface area contributed by atoms with Crippen molar-refractivity contribution in [3.05, 3.63) is 24.4 Å². The standard InChI is InChI=1S/C14H17N5OS/c1-9-5-6-10(12(15)20)8-19(9)14-18-17-13(21-14)11-4-2-3-7-16-11/h2-4,7,9-10H,5-6,8H2,1H3,(H2,15,20)/t9-,10-/m1/s1. The molecule has 2 atom stereocenters. The van der Waals surface area contributed by atoms with Crippen LogP contribution in [0.15, 0.2) is 24.4 Å². The summed E-state index contributed by atoms with van der Waals surface area (Å²) in [5, 5.41) is 10.1. The average molecular weight is 303 g/mol. The zero-order valence-electron chi connectivity index (χ0n) is 11.8. The number of amides is 1. The van der Waals surface area contributed by atoms with Crippen LogP contribution in [0.4, 0.5) is 5.13 Å². The summed E-state index contributed by atoms with van der Waals surface area (Å²) in [5.74, 6) is -0.343. The molecule has 2 aromatic rings. The van der Waals surface area contributed by atoms with E-state index in [1.165, 1.54) is 11.3 Å². The SMILES string of the molecule is C[C@@H]1CC[C@@H](C(N)=O)CN1c1nnc(-c2ccccn2)s1. The molecule has 0 unspecified atom stereocenters. The molecular formula is C14H17N5OS. The van der Waals surface area contributed by atoms with Gasteiger partial charge in [0.15, 0.2) is 5.01 Å². The third kappa shape index (κ3) is 2.87. The number of nitrogens with two attached hydrogens (primary N) is 1. The first kappa shape index (κ1) is 13.9. The number of nitrogens with zero attached hydrogens (tertiary/aromatic N) is 4. The Morgan fingerprint density at radius 3 is 2.95 bits per heavy atom. The number of pyridine rings is 1. The van der Waals surface area contributed by atoms with Gasteiger partial charge in [0.25, 0.3) is 0 Å². The van der Waals surface area contributed by atoms with Gasteiger partial charge in [-0.3, -0.25) is 9.78 Å². The normalized spacial score (nSPS) is 22.2. The van der Waals surface area contributed by atoms with Crippen LogP contribution in [0.2, 0.25) is 0 Å². The van der Waals surface area contributed by atoms with Crippen LogP contribution >= 0.6 is 11.3 Å². The van der Waals surface area contributed by atoms with E-state index in [4.69, 9.17) is 5.73 Å². The van der Waals surface area contributed by atoms with Crippen molar-refractivity contribution in [1.29, 1.82) is 0 Å². The highest BCUT2D eigenvalue weighted by atomic mass is 32.1. The highest BCUT2D eigenvalue weighted by Gasteiger charge is 2.30. The van der Waals surface area contributed by atoms with E-state index in [0.717, 1.165) is 28.7 Å². The molecule has 1 aliphatic rings. The van der Waals surface area contributed by atoms with Crippen molar-refractivity contribution in [1.82, 2.24) is 15.2 Å². The molecule has 3 rings (SSSR count). The Hall–Kier alpha value is -2.02. The molecule has 6 nitrogen and oxygen atoms in total. The van der Waals surface area contributed by atoms with Crippen molar-refractivity contribution in [3.8, 4) is 10.7 Å². The fraction of sp³-hybridized carbons (Fsp3) is 0.429. The van der Waals surface area contributed by atoms with E-state index in [-0.39, 0.29) is 11.8 Å². The van der Waals surface area contributed by atoms with Gasteiger partial charge in [-0.25, -0.2) is 0 Å². The molecule has 110 valence electrons. The average Bonchev–Trinajstić information content (AvgIpc) is 2.98. The number of hydrogen-bond acceptors (Lipinski definition) is 6. The molecule has 2 N–H and O–H groups in total. The van der Waals surface area contributed by atoms with E-state index in [1.807, 2.05) is 18.2 Å². The van der Waals surface area contributed by atoms with Gasteiger partial charge in [0, 0.05) is 18.8 Å². The summed E-state index contributed by atoms with van der Waals surface area (Å²) in [6.07, 6.45) is 3.52. The quantitative estimate of drug-likeness (QED) is 0.932. The largest absolute Gasteiger partial charge is 0.369 e. The minimum absolute atomic E-state index is 0.108. The Bertz CT molecular complexity index is 629. The van der Waals surface area contributed by atoms with Crippen LogP contribution < -0.4 is 10.6 Å². The van der Waals surface area contributed by atoms with Crippen molar-refractivity contribution in [2.45, 2.75) is 25.8 Å². The lowest BCUT2D eigenvalue weighted by Crippen LogP contribution is -2.45. The number of carbonyl (C=O) groups is 1. The molecule has 7 heteroatoms. The van der Waals surface area contributed by atoms with Crippen LogP contribution in [-0.4, -0.2) is 33.7 Å². The molecular weight excluding hydrogens is 286 g/mol. The Balaban J connectivity index is 1.83. The number of aromatic nitrogens is 3. The zero-order valence-corrected chi connectivity index (χ0v) is 12.6. The van der Waals surface area contributed by atoms with Crippen LogP contribution in [0, 0.1) is 5.92 Å². The Kier molecular flexibility index (Phi) is 3.83. The molecule has 1 amide bonds. The van der Waals surface area contributed by atoms with Gasteiger partial charge in [0.05, 0.1) is 5.92 Å². The molecule has 1 aliphatic heterocycles. The minimum Gasteiger partial charge on any atom is -0.369 e. The van der Waals surface area contributed by atoms with Crippen molar-refractivity contribution >= 4 is 22.4 Å². The zero-order chi connectivity index (χ0) is 14.8. The number of carbonyl (C=O) groups excluding carboxylic acids is 1. The Labute approximate surface area is 127 Å². The highest BCUT2D eigenvalue weighted by molar-refractivity contribution is 7.18. The molecule has 1 saturated heterocycles. The maximum atomic E-state index is 11.4. The summed E-state index contributed by atoms with van der Waals surface area (Å²) >= 11 is 1.50. The smallest absolute Gasteiger partial charge is 0.222 e. The van der Waals surface area contributed by atoms with Gasteiger partial charge in [0.1, 0.15) is 5.69 Å². The monoisotopic (exact) mass is 303 g/mol. The molecule has 0 aliphatic carbocycles. The Morgan fingerprint density at radius 1 is 1.38 bits per heavy atom. The molecule has 0 bridgehead atoms. The van der Waals surface area contributed by atoms with E-state index in [2.05, 4.69) is 27.0 Å². The maximum absolute atomic E-state index is 11.4. The van der Waals surface area contributed by atoms with E-state index < -0.39 is 0 Å². The third-order valence-electron chi connectivity index (χ3n) is 3.83. The minimum atomic E-state index is -0.235. The number of anilines is 1. The molecule has 0 radical (unpaired) electrons. The first-order valence-corrected chi connectivity index (χ1v) is 7.77. The van der Waals surface area contributed by atoms with Crippen molar-refractivity contribution in [3.63, 3.8) is 0 Å². The van der Waals surface area contributed by atoms with Crippen LogP contribution in [0.3, 0.4) is 0 Å². The number of rotatable bonds is 3. The number of piperidine rings is 1. The number of hydrogen-bond donors (Lipinski definition) is 1. The molecule has 0 spiro atoms. The van der Waals surface area contributed by atoms with Gasteiger partial charge in [0.2, 0.25) is 11.0 Å². The van der Waals surface area contributed by atoms with Crippen LogP contribution in [0.25, 0.3) is 10.7 Å². The van der Waals surface area contributed by atoms with Crippen molar-refractivity contribution in [2.75, 3.05) is 11.4 Å². The fourth-order valence-electron chi connectivity index (χ4n) is 2.53. The summed E-state index contributed by atoms with van der Waals surface area (Å²) in [6, 6.07) is 6.05. The molecule has 0 aromatic carbocycles. The maximum Gasteiger partial charge on any atom is 0.222 e. The van der Waals surface area contributed by atoms with Crippen molar-refractivity contribution < 1.29 is 4.79 Å². The summed E-state index contributed by atoms with van der Waals surface area (Å²) in [5.41, 5.74) is 6.26. The second kappa shape index (κ2) is 5.77. The van der Waals surface area contributed by atoms with Gasteiger partial charge in [-0.1, -0.05) is 17.4 Å². The van der Waals surface area contributed by atoms with Gasteiger partial charge >= 0.3 is 0 Å². The lowest BCUT2D eigenvalue weighted by atomic mass is 9.93. The molecule has 1 fully saturated rings. The van der Waals surface area contributed by atoms with E-state index >= 15 is 0 Å². The summed E-state index contributed by atoms with van der Waals surface area (Å²) in [7, 11) is 0. The molecule has 3 heterocycles. The van der Waals surface area contributed by atoms with E-state index in [1.54, 1.807) is 6.20 Å². The second-order valence-electron chi connectivity index (χ2n) is 5.28. The first-order chi connectivity index (χ1) is 10.1. The highest BCUT2D eigenvalue weighted by Crippen LogP contribution is 2.32. The van der Waals surface area contributed by atoms with Gasteiger partial charge in [-0.05, 0) is 31.9 Å². The van der Waals surface area contributed by atoms with Gasteiger partial charge in [-0.15, -0.1) is 10.2 Å². The Morgan fingerprint density at radius 2 is 2.24 bits per heavy atom. The lowest BCUT2D eigenvalue weighted by molar-refractivity contribution is -0.122. The summed E-state index contributed by atoms with van der Waals surface area (Å²) in [4.78, 5) is 17.8. The summed E-state index contributed by atoms with van der Waals surface area (Å²) in [6.45, 7) is 2.76. The van der Waals surface area contributed by atoms with Gasteiger partial charge in [-0.2, -0.15) is 0 Å². The third-order valence-corrected chi connectivity index (χ3v) is 4.81. The predicted octanol–water partition coefficient (Wildman–Crippen LogP) is 1.69. The fourth-order valence-corrected chi connectivity index (χ4v) is 3.46. The van der Waals surface area contributed by atoms with Crippen LogP contribution in [0.5, 0.6) is 0 Å². The topological polar surface area (TPSA) is 85.0 Å². The van der Waals surface area contributed by atoms with E-state index in [9.17, 15) is 4.79 Å². The van der Waals surface area contributed by atoms with Crippen LogP contribution in [-0.2, 0) is 4.79 Å². The second-order valence-corrected chi connectivity index (χ2v) is 6.24. The van der Waals surface area contributed by atoms with Crippen molar-refractivity contribution in [2.24, 2.45) is 11.7 Å². The molecule has 2 aromatic heterocycles. The first-order valence-electron chi connectivity index (χ1n) is 6.96. The summed E-state index contributed by atoms with van der Waals surface area (Å²) < 4.78 is 0. The molecule has 0 saturated carbocycles.